The summed E-state index contributed by atoms with van der Waals surface area (Å²) in [4.78, 5) is 44.0. The number of aromatic nitrogens is 2. The lowest BCUT2D eigenvalue weighted by molar-refractivity contribution is 0.0500. The number of H-pyrrole nitrogens is 1. The van der Waals surface area contributed by atoms with Crippen molar-refractivity contribution >= 4 is 23.8 Å². The van der Waals surface area contributed by atoms with E-state index in [1.54, 1.807) is 27.8 Å². The first kappa shape index (κ1) is 16.0. The van der Waals surface area contributed by atoms with Crippen LogP contribution in [0.2, 0.25) is 0 Å². The van der Waals surface area contributed by atoms with E-state index in [2.05, 4.69) is 15.3 Å². The number of carbonyl (C=O) groups is 3. The van der Waals surface area contributed by atoms with Crippen LogP contribution in [0.4, 0.5) is 15.4 Å². The Morgan fingerprint density at radius 2 is 2.09 bits per heavy atom. The molecule has 0 bridgehead atoms. The Hall–Kier alpha value is -2.42. The molecule has 1 aromatic heterocycles. The number of aromatic amines is 1. The number of imidazole rings is 1. The van der Waals surface area contributed by atoms with Crippen molar-refractivity contribution in [3.05, 3.63) is 12.0 Å². The van der Waals surface area contributed by atoms with Crippen LogP contribution in [-0.4, -0.2) is 59.3 Å². The SMILES string of the molecule is CN1C(=O)c2nc[nH]c2[N+](C)(CNC(=O)OC(C)(C)C)C1=O. The average molecular weight is 310 g/mol. The molecule has 0 radical (unpaired) electrons. The Morgan fingerprint density at radius 1 is 1.45 bits per heavy atom. The molecular formula is C13H20N5O4+. The lowest BCUT2D eigenvalue weighted by Gasteiger charge is -2.35. The zero-order chi connectivity index (χ0) is 16.7. The van der Waals surface area contributed by atoms with Crippen molar-refractivity contribution in [2.45, 2.75) is 26.4 Å². The normalized spacial score (nSPS) is 21.6. The zero-order valence-electron chi connectivity index (χ0n) is 13.3. The summed E-state index contributed by atoms with van der Waals surface area (Å²) in [5, 5.41) is 2.55. The number of alkyl carbamates (subject to hydrolysis) is 1. The highest BCUT2D eigenvalue weighted by atomic mass is 16.6. The molecular weight excluding hydrogens is 290 g/mol. The molecule has 1 atom stereocenters. The molecule has 2 heterocycles. The molecule has 1 aliphatic rings. The van der Waals surface area contributed by atoms with E-state index in [1.807, 2.05) is 0 Å². The molecule has 1 unspecified atom stereocenters. The lowest BCUT2D eigenvalue weighted by atomic mass is 10.2. The molecule has 120 valence electrons. The number of carbonyl (C=O) groups excluding carboxylic acids is 3. The molecule has 0 aliphatic carbocycles. The molecule has 9 heteroatoms. The molecule has 2 N–H and O–H groups in total. The number of hydrogen-bond donors (Lipinski definition) is 2. The quantitative estimate of drug-likeness (QED) is 0.794. The van der Waals surface area contributed by atoms with Crippen LogP contribution in [0.15, 0.2) is 6.33 Å². The molecule has 4 amide bonds. The number of nitrogens with one attached hydrogen (secondary N) is 2. The third-order valence-corrected chi connectivity index (χ3v) is 3.27. The van der Waals surface area contributed by atoms with Gasteiger partial charge in [-0.2, -0.15) is 4.48 Å². The van der Waals surface area contributed by atoms with Gasteiger partial charge in [0.1, 0.15) is 5.60 Å². The predicted molar refractivity (Wildman–Crippen MR) is 78.0 cm³/mol. The minimum atomic E-state index is -0.639. The Morgan fingerprint density at radius 3 is 2.68 bits per heavy atom. The van der Waals surface area contributed by atoms with Gasteiger partial charge in [-0.15, -0.1) is 0 Å². The van der Waals surface area contributed by atoms with Crippen LogP contribution in [0.3, 0.4) is 0 Å². The number of urea groups is 1. The van der Waals surface area contributed by atoms with Gasteiger partial charge in [0.25, 0.3) is 5.91 Å². The Labute approximate surface area is 127 Å². The smallest absolute Gasteiger partial charge is 0.433 e. The maximum Gasteiger partial charge on any atom is 0.433 e. The third kappa shape index (κ3) is 2.67. The highest BCUT2D eigenvalue weighted by Crippen LogP contribution is 2.29. The van der Waals surface area contributed by atoms with Gasteiger partial charge in [-0.3, -0.25) is 15.1 Å². The fourth-order valence-electron chi connectivity index (χ4n) is 2.18. The Bertz CT molecular complexity index is 633. The molecule has 1 aromatic rings. The van der Waals surface area contributed by atoms with Crippen molar-refractivity contribution in [3.63, 3.8) is 0 Å². The molecule has 9 nitrogen and oxygen atoms in total. The van der Waals surface area contributed by atoms with Gasteiger partial charge in [-0.05, 0) is 20.8 Å². The Kier molecular flexibility index (Phi) is 3.69. The third-order valence-electron chi connectivity index (χ3n) is 3.27. The molecule has 22 heavy (non-hydrogen) atoms. The number of amides is 4. The minimum Gasteiger partial charge on any atom is -0.444 e. The molecule has 0 saturated carbocycles. The summed E-state index contributed by atoms with van der Waals surface area (Å²) >= 11 is 0. The van der Waals surface area contributed by atoms with Crippen LogP contribution < -0.4 is 9.80 Å². The fourth-order valence-corrected chi connectivity index (χ4v) is 2.18. The molecule has 0 fully saturated rings. The van der Waals surface area contributed by atoms with Crippen molar-refractivity contribution < 1.29 is 19.1 Å². The van der Waals surface area contributed by atoms with Gasteiger partial charge in [0.15, 0.2) is 6.67 Å². The van der Waals surface area contributed by atoms with Gasteiger partial charge >= 0.3 is 12.1 Å². The second kappa shape index (κ2) is 5.09. The summed E-state index contributed by atoms with van der Waals surface area (Å²) in [6.45, 7) is 5.16. The first-order valence-electron chi connectivity index (χ1n) is 6.75. The van der Waals surface area contributed by atoms with Crippen LogP contribution >= 0.6 is 0 Å². The number of ether oxygens (including phenoxy) is 1. The minimum absolute atomic E-state index is 0.0689. The van der Waals surface area contributed by atoms with E-state index in [-0.39, 0.29) is 16.8 Å². The van der Waals surface area contributed by atoms with Gasteiger partial charge in [0.2, 0.25) is 11.5 Å². The summed E-state index contributed by atoms with van der Waals surface area (Å²) in [6, 6.07) is -0.474. The van der Waals surface area contributed by atoms with Crippen LogP contribution in [0, 0.1) is 0 Å². The summed E-state index contributed by atoms with van der Waals surface area (Å²) in [5.41, 5.74) is -0.476. The maximum atomic E-state index is 12.5. The van der Waals surface area contributed by atoms with Gasteiger partial charge in [-0.1, -0.05) is 0 Å². The van der Waals surface area contributed by atoms with E-state index < -0.39 is 23.6 Å². The van der Waals surface area contributed by atoms with Gasteiger partial charge in [0, 0.05) is 7.05 Å². The van der Waals surface area contributed by atoms with E-state index in [0.29, 0.717) is 5.82 Å². The summed E-state index contributed by atoms with van der Waals surface area (Å²) < 4.78 is 4.81. The van der Waals surface area contributed by atoms with Gasteiger partial charge < -0.3 is 4.74 Å². The van der Waals surface area contributed by atoms with Crippen LogP contribution in [0.1, 0.15) is 31.3 Å². The molecule has 0 saturated heterocycles. The van der Waals surface area contributed by atoms with Crippen molar-refractivity contribution in [1.82, 2.24) is 24.7 Å². The molecule has 0 spiro atoms. The number of fused-ring (bicyclic) bond motifs is 1. The largest absolute Gasteiger partial charge is 0.444 e. The molecule has 1 aliphatic heterocycles. The summed E-state index contributed by atoms with van der Waals surface area (Å²) in [6.07, 6.45) is 0.708. The summed E-state index contributed by atoms with van der Waals surface area (Å²) in [7, 11) is 2.96. The number of hydrogen-bond acceptors (Lipinski definition) is 5. The van der Waals surface area contributed by atoms with Crippen LogP contribution in [0.25, 0.3) is 0 Å². The van der Waals surface area contributed by atoms with E-state index in [9.17, 15) is 14.4 Å². The van der Waals surface area contributed by atoms with Crippen LogP contribution in [0.5, 0.6) is 0 Å². The number of imide groups is 1. The lowest BCUT2D eigenvalue weighted by Crippen LogP contribution is -2.64. The van der Waals surface area contributed by atoms with E-state index in [4.69, 9.17) is 4.74 Å². The van der Waals surface area contributed by atoms with Gasteiger partial charge in [0.05, 0.1) is 13.4 Å². The highest BCUT2D eigenvalue weighted by molar-refractivity contribution is 6.12. The monoisotopic (exact) mass is 310 g/mol. The Balaban J connectivity index is 2.22. The zero-order valence-corrected chi connectivity index (χ0v) is 13.3. The van der Waals surface area contributed by atoms with E-state index in [0.717, 1.165) is 4.90 Å². The van der Waals surface area contributed by atoms with Crippen molar-refractivity contribution in [3.8, 4) is 0 Å². The second-order valence-corrected chi connectivity index (χ2v) is 6.27. The first-order chi connectivity index (χ1) is 10.1. The van der Waals surface area contributed by atoms with Crippen LogP contribution in [-0.2, 0) is 4.74 Å². The average Bonchev–Trinajstić information content (AvgIpc) is 2.89. The standard InChI is InChI=1S/C13H19N5O4/c1-13(2,3)22-11(20)16-7-18(5)9-8(14-6-15-9)10(19)17(4)12(18)21/h6H,7H2,1-5H3,(H-,14,15,16,19,20)/p+1. The second-order valence-electron chi connectivity index (χ2n) is 6.27. The predicted octanol–water partition coefficient (Wildman–Crippen LogP) is 1.03. The maximum absolute atomic E-state index is 12.5. The highest BCUT2D eigenvalue weighted by Gasteiger charge is 2.50. The number of nitrogens with zero attached hydrogens (tertiary/aromatic N) is 3. The number of rotatable bonds is 2. The van der Waals surface area contributed by atoms with Crippen molar-refractivity contribution in [2.75, 3.05) is 20.8 Å². The van der Waals surface area contributed by atoms with E-state index in [1.165, 1.54) is 13.4 Å². The number of quaternary nitrogens is 1. The summed E-state index contributed by atoms with van der Waals surface area (Å²) in [5.74, 6) is -0.140. The van der Waals surface area contributed by atoms with Gasteiger partial charge in [-0.25, -0.2) is 19.5 Å². The topological polar surface area (TPSA) is 104 Å². The molecule has 0 aromatic carbocycles. The van der Waals surface area contributed by atoms with Crippen molar-refractivity contribution in [1.29, 1.82) is 0 Å². The fraction of sp³-hybridized carbons (Fsp3) is 0.538. The van der Waals surface area contributed by atoms with Crippen molar-refractivity contribution in [2.24, 2.45) is 0 Å². The first-order valence-corrected chi connectivity index (χ1v) is 6.75. The van der Waals surface area contributed by atoms with E-state index >= 15 is 0 Å². The molecule has 2 rings (SSSR count).